The number of carbonyl (C=O) groups is 2. The highest BCUT2D eigenvalue weighted by Gasteiger charge is 2.17. The lowest BCUT2D eigenvalue weighted by Gasteiger charge is -2.18. The minimum atomic E-state index is -0.550. The Balaban J connectivity index is 4.28. The Morgan fingerprint density at radius 2 is 0.682 bits per heavy atom. The van der Waals surface area contributed by atoms with Crippen LogP contribution in [0.25, 0.3) is 0 Å². The number of ether oxygens (including phenoxy) is 3. The Morgan fingerprint density at radius 1 is 0.348 bits per heavy atom. The van der Waals surface area contributed by atoms with Crippen LogP contribution < -0.4 is 0 Å². The van der Waals surface area contributed by atoms with E-state index in [-0.39, 0.29) is 25.2 Å². The van der Waals surface area contributed by atoms with Crippen molar-refractivity contribution >= 4 is 11.9 Å². The smallest absolute Gasteiger partial charge is 0.306 e. The van der Waals surface area contributed by atoms with Gasteiger partial charge < -0.3 is 14.2 Å². The Labute approximate surface area is 410 Å². The van der Waals surface area contributed by atoms with Crippen LogP contribution in [0.1, 0.15) is 278 Å². The van der Waals surface area contributed by atoms with E-state index in [9.17, 15) is 9.59 Å². The highest BCUT2D eigenvalue weighted by molar-refractivity contribution is 5.70. The normalized spacial score (nSPS) is 12.7. The molecule has 382 valence electrons. The maximum Gasteiger partial charge on any atom is 0.306 e. The molecule has 0 N–H and O–H groups in total. The quantitative estimate of drug-likeness (QED) is 0.0346. The second-order valence-electron chi connectivity index (χ2n) is 18.8. The van der Waals surface area contributed by atoms with Gasteiger partial charge in [-0.25, -0.2) is 0 Å². The van der Waals surface area contributed by atoms with Crippen LogP contribution in [0.2, 0.25) is 0 Å². The topological polar surface area (TPSA) is 61.8 Å². The predicted molar refractivity (Wildman–Crippen MR) is 288 cm³/mol. The molecule has 0 saturated heterocycles. The third kappa shape index (κ3) is 54.0. The summed E-state index contributed by atoms with van der Waals surface area (Å²) >= 11 is 0. The van der Waals surface area contributed by atoms with Crippen molar-refractivity contribution in [2.75, 3.05) is 19.8 Å². The van der Waals surface area contributed by atoms with E-state index in [4.69, 9.17) is 14.2 Å². The lowest BCUT2D eigenvalue weighted by molar-refractivity contribution is -0.163. The first-order valence-corrected chi connectivity index (χ1v) is 28.5. The number of carbonyl (C=O) groups excluding carboxylic acids is 2. The maximum atomic E-state index is 12.8. The van der Waals surface area contributed by atoms with Crippen LogP contribution in [0.15, 0.2) is 72.9 Å². The molecule has 66 heavy (non-hydrogen) atoms. The first-order valence-electron chi connectivity index (χ1n) is 28.5. The van der Waals surface area contributed by atoms with Crippen LogP contribution >= 0.6 is 0 Å². The van der Waals surface area contributed by atoms with Gasteiger partial charge in [-0.2, -0.15) is 0 Å². The number of esters is 2. The summed E-state index contributed by atoms with van der Waals surface area (Å²) in [6, 6.07) is 0. The Kier molecular flexibility index (Phi) is 54.4. The van der Waals surface area contributed by atoms with Gasteiger partial charge in [-0.1, -0.05) is 229 Å². The van der Waals surface area contributed by atoms with Gasteiger partial charge in [-0.3, -0.25) is 9.59 Å². The molecule has 0 rings (SSSR count). The third-order valence-electron chi connectivity index (χ3n) is 12.2. The third-order valence-corrected chi connectivity index (χ3v) is 12.2. The van der Waals surface area contributed by atoms with Crippen molar-refractivity contribution in [1.82, 2.24) is 0 Å². The van der Waals surface area contributed by atoms with Crippen molar-refractivity contribution < 1.29 is 23.8 Å². The van der Waals surface area contributed by atoms with Crippen molar-refractivity contribution in [1.29, 1.82) is 0 Å². The second-order valence-corrected chi connectivity index (χ2v) is 18.8. The SMILES string of the molecule is CC/C=C\C/C=C\C/C=C\C/C=C\CCCCCCCCC(=O)OCC(COCCCCCCCCCC/C=C\CCCCCCCC)OC(=O)CCCCCCC/C=C\CCCCCC. The molecule has 0 aromatic carbocycles. The van der Waals surface area contributed by atoms with Gasteiger partial charge in [0.1, 0.15) is 6.61 Å². The fourth-order valence-electron chi connectivity index (χ4n) is 7.96. The molecule has 0 spiro atoms. The van der Waals surface area contributed by atoms with Crippen molar-refractivity contribution in [3.63, 3.8) is 0 Å². The molecule has 0 aromatic rings. The molecule has 5 nitrogen and oxygen atoms in total. The summed E-state index contributed by atoms with van der Waals surface area (Å²) in [4.78, 5) is 25.5. The van der Waals surface area contributed by atoms with Crippen molar-refractivity contribution in [2.24, 2.45) is 0 Å². The van der Waals surface area contributed by atoms with Gasteiger partial charge in [0.2, 0.25) is 0 Å². The van der Waals surface area contributed by atoms with E-state index in [1.54, 1.807) is 0 Å². The lowest BCUT2D eigenvalue weighted by Crippen LogP contribution is -2.30. The fraction of sp³-hybridized carbons (Fsp3) is 0.770. The molecule has 0 saturated carbocycles. The minimum absolute atomic E-state index is 0.0723. The molecule has 0 aliphatic rings. The highest BCUT2D eigenvalue weighted by Crippen LogP contribution is 2.14. The maximum absolute atomic E-state index is 12.8. The Bertz CT molecular complexity index is 1180. The van der Waals surface area contributed by atoms with E-state index in [2.05, 4.69) is 93.7 Å². The molecular formula is C61H108O5. The summed E-state index contributed by atoms with van der Waals surface area (Å²) in [5, 5.41) is 0. The van der Waals surface area contributed by atoms with E-state index in [0.29, 0.717) is 19.4 Å². The van der Waals surface area contributed by atoms with Crippen LogP contribution in [-0.4, -0.2) is 37.9 Å². The van der Waals surface area contributed by atoms with Gasteiger partial charge in [-0.05, 0) is 109 Å². The summed E-state index contributed by atoms with van der Waals surface area (Å²) in [7, 11) is 0. The zero-order valence-corrected chi connectivity index (χ0v) is 44.0. The van der Waals surface area contributed by atoms with E-state index in [0.717, 1.165) is 89.9 Å². The molecule has 0 aliphatic heterocycles. The fourth-order valence-corrected chi connectivity index (χ4v) is 7.96. The predicted octanol–water partition coefficient (Wildman–Crippen LogP) is 19.5. The zero-order valence-electron chi connectivity index (χ0n) is 44.0. The number of rotatable bonds is 52. The van der Waals surface area contributed by atoms with Crippen LogP contribution in [0.4, 0.5) is 0 Å². The largest absolute Gasteiger partial charge is 0.462 e. The van der Waals surface area contributed by atoms with Crippen LogP contribution in [0.3, 0.4) is 0 Å². The molecule has 0 aliphatic carbocycles. The molecule has 0 radical (unpaired) electrons. The van der Waals surface area contributed by atoms with Crippen molar-refractivity contribution in [3.8, 4) is 0 Å². The van der Waals surface area contributed by atoms with Crippen LogP contribution in [0, 0.1) is 0 Å². The van der Waals surface area contributed by atoms with Crippen molar-refractivity contribution in [2.45, 2.75) is 284 Å². The summed E-state index contributed by atoms with van der Waals surface area (Å²) in [5.74, 6) is -0.418. The molecule has 0 bridgehead atoms. The van der Waals surface area contributed by atoms with E-state index in [1.807, 2.05) is 0 Å². The van der Waals surface area contributed by atoms with E-state index in [1.165, 1.54) is 154 Å². The van der Waals surface area contributed by atoms with Crippen molar-refractivity contribution in [3.05, 3.63) is 72.9 Å². The van der Waals surface area contributed by atoms with Gasteiger partial charge in [0, 0.05) is 19.4 Å². The molecule has 0 fully saturated rings. The average molecular weight is 922 g/mol. The van der Waals surface area contributed by atoms with Gasteiger partial charge in [0.15, 0.2) is 6.10 Å². The molecule has 5 heteroatoms. The standard InChI is InChI=1S/C61H108O5/c1-4-7-10-13-16-19-22-25-27-29-31-32-34-37-39-42-45-48-51-54-60(62)65-58-59(66-61(63)55-52-49-46-43-40-36-24-21-18-15-12-9-6-3)57-64-56-53-50-47-44-41-38-35-33-30-28-26-23-20-17-14-11-8-5-2/h7,10,16,19,21,24-28,31-32,59H,4-6,8-9,11-15,17-18,20,22-23,29-30,33-58H2,1-3H3/b10-7-,19-16-,24-21-,27-25-,28-26-,32-31-. The number of allylic oxidation sites excluding steroid dienone is 12. The van der Waals surface area contributed by atoms with Gasteiger partial charge in [0.25, 0.3) is 0 Å². The first-order chi connectivity index (χ1) is 32.6. The van der Waals surface area contributed by atoms with Gasteiger partial charge >= 0.3 is 11.9 Å². The van der Waals surface area contributed by atoms with Gasteiger partial charge in [-0.15, -0.1) is 0 Å². The lowest BCUT2D eigenvalue weighted by atomic mass is 10.1. The Morgan fingerprint density at radius 3 is 1.12 bits per heavy atom. The van der Waals surface area contributed by atoms with Gasteiger partial charge in [0.05, 0.1) is 6.61 Å². The van der Waals surface area contributed by atoms with Crippen LogP contribution in [0.5, 0.6) is 0 Å². The second kappa shape index (κ2) is 56.7. The summed E-state index contributed by atoms with van der Waals surface area (Å²) in [6.07, 6.45) is 73.5. The number of hydrogen-bond donors (Lipinski definition) is 0. The molecule has 0 amide bonds. The number of unbranched alkanes of at least 4 members (excludes halogenated alkanes) is 29. The average Bonchev–Trinajstić information content (AvgIpc) is 3.32. The Hall–Kier alpha value is -2.66. The summed E-state index contributed by atoms with van der Waals surface area (Å²) in [6.45, 7) is 7.69. The molecule has 0 aromatic heterocycles. The number of hydrogen-bond acceptors (Lipinski definition) is 5. The van der Waals surface area contributed by atoms with E-state index >= 15 is 0 Å². The minimum Gasteiger partial charge on any atom is -0.462 e. The molecule has 1 unspecified atom stereocenters. The highest BCUT2D eigenvalue weighted by atomic mass is 16.6. The monoisotopic (exact) mass is 921 g/mol. The molecule has 0 heterocycles. The molecular weight excluding hydrogens is 813 g/mol. The molecule has 1 atom stereocenters. The first kappa shape index (κ1) is 63.3. The summed E-state index contributed by atoms with van der Waals surface area (Å²) in [5.41, 5.74) is 0. The van der Waals surface area contributed by atoms with E-state index < -0.39 is 6.10 Å². The summed E-state index contributed by atoms with van der Waals surface area (Å²) < 4.78 is 17.5. The van der Waals surface area contributed by atoms with Crippen LogP contribution in [-0.2, 0) is 23.8 Å². The zero-order chi connectivity index (χ0) is 47.7.